The number of ether oxygens (including phenoxy) is 2. The SMILES string of the molecule is Cc1ccc(C(C)C)c(Oc2ccc(N3C[C@H](C(=O)O[C@H](CCCl)C(=O)c4ccc(Cl)cc4)CC3=O)cc2)c1. The minimum absolute atomic E-state index is 0.000849. The molecule has 0 unspecified atom stereocenters. The van der Waals surface area contributed by atoms with Crippen LogP contribution >= 0.6 is 23.2 Å². The van der Waals surface area contributed by atoms with Gasteiger partial charge in [-0.3, -0.25) is 14.4 Å². The van der Waals surface area contributed by atoms with Crippen LogP contribution in [0.5, 0.6) is 11.5 Å². The number of carbonyl (C=O) groups is 3. The standard InChI is InChI=1S/C31H31Cl2NO5/c1-19(2)26-13-4-20(3)16-28(26)38-25-11-9-24(10-12-25)34-18-22(17-29(34)35)31(37)39-27(14-15-32)30(36)21-5-7-23(33)8-6-21/h4-13,16,19,22,27H,14-15,17-18H2,1-3H3/t22-,27-/m1/s1. The first-order valence-corrected chi connectivity index (χ1v) is 13.8. The van der Waals surface area contributed by atoms with Crippen molar-refractivity contribution in [3.8, 4) is 11.5 Å². The Balaban J connectivity index is 1.41. The lowest BCUT2D eigenvalue weighted by molar-refractivity contribution is -0.151. The highest BCUT2D eigenvalue weighted by Gasteiger charge is 2.38. The molecule has 39 heavy (non-hydrogen) atoms. The average Bonchev–Trinajstić information content (AvgIpc) is 3.30. The second kappa shape index (κ2) is 12.7. The molecule has 1 amide bonds. The van der Waals surface area contributed by atoms with E-state index in [1.165, 1.54) is 0 Å². The smallest absolute Gasteiger partial charge is 0.312 e. The molecule has 0 saturated carbocycles. The van der Waals surface area contributed by atoms with E-state index < -0.39 is 18.0 Å². The highest BCUT2D eigenvalue weighted by atomic mass is 35.5. The topological polar surface area (TPSA) is 72.9 Å². The molecule has 1 saturated heterocycles. The number of Topliss-reactive ketones (excluding diaryl/α,β-unsaturated/α-hetero) is 1. The molecule has 0 aliphatic carbocycles. The Morgan fingerprint density at radius 3 is 2.36 bits per heavy atom. The van der Waals surface area contributed by atoms with Crippen molar-refractivity contribution in [3.63, 3.8) is 0 Å². The van der Waals surface area contributed by atoms with Crippen LogP contribution in [0.3, 0.4) is 0 Å². The molecule has 0 aromatic heterocycles. The van der Waals surface area contributed by atoms with Gasteiger partial charge >= 0.3 is 5.97 Å². The maximum Gasteiger partial charge on any atom is 0.312 e. The van der Waals surface area contributed by atoms with Gasteiger partial charge < -0.3 is 14.4 Å². The lowest BCUT2D eigenvalue weighted by atomic mass is 10.0. The lowest BCUT2D eigenvalue weighted by Crippen LogP contribution is -2.32. The summed E-state index contributed by atoms with van der Waals surface area (Å²) in [7, 11) is 0. The zero-order chi connectivity index (χ0) is 28.1. The number of rotatable bonds is 10. The van der Waals surface area contributed by atoms with Crippen molar-refractivity contribution < 1.29 is 23.9 Å². The van der Waals surface area contributed by atoms with E-state index in [2.05, 4.69) is 26.0 Å². The first-order valence-electron chi connectivity index (χ1n) is 12.9. The van der Waals surface area contributed by atoms with Gasteiger partial charge in [-0.05, 0) is 78.6 Å². The van der Waals surface area contributed by atoms with Crippen LogP contribution in [0.2, 0.25) is 5.02 Å². The van der Waals surface area contributed by atoms with E-state index >= 15 is 0 Å². The fourth-order valence-corrected chi connectivity index (χ4v) is 4.85. The second-order valence-corrected chi connectivity index (χ2v) is 10.8. The normalized spacial score (nSPS) is 15.9. The van der Waals surface area contributed by atoms with Gasteiger partial charge in [0.15, 0.2) is 6.10 Å². The van der Waals surface area contributed by atoms with E-state index in [0.29, 0.717) is 27.9 Å². The summed E-state index contributed by atoms with van der Waals surface area (Å²) < 4.78 is 11.7. The Morgan fingerprint density at radius 1 is 1.03 bits per heavy atom. The zero-order valence-corrected chi connectivity index (χ0v) is 23.7. The molecule has 1 fully saturated rings. The molecule has 0 bridgehead atoms. The first kappa shape index (κ1) is 28.7. The molecule has 0 N–H and O–H groups in total. The molecule has 1 heterocycles. The number of hydrogen-bond acceptors (Lipinski definition) is 5. The van der Waals surface area contributed by atoms with Crippen molar-refractivity contribution in [1.82, 2.24) is 0 Å². The minimum atomic E-state index is -1.03. The number of esters is 1. The summed E-state index contributed by atoms with van der Waals surface area (Å²) in [5, 5.41) is 0.497. The molecule has 0 radical (unpaired) electrons. The van der Waals surface area contributed by atoms with E-state index in [-0.39, 0.29) is 37.0 Å². The molecular weight excluding hydrogens is 537 g/mol. The van der Waals surface area contributed by atoms with E-state index in [1.54, 1.807) is 41.3 Å². The Labute approximate surface area is 238 Å². The van der Waals surface area contributed by atoms with Crippen molar-refractivity contribution in [2.75, 3.05) is 17.3 Å². The van der Waals surface area contributed by atoms with E-state index in [4.69, 9.17) is 32.7 Å². The van der Waals surface area contributed by atoms with E-state index in [9.17, 15) is 14.4 Å². The minimum Gasteiger partial charge on any atom is -0.457 e. The van der Waals surface area contributed by atoms with Crippen LogP contribution in [-0.2, 0) is 14.3 Å². The highest BCUT2D eigenvalue weighted by molar-refractivity contribution is 6.30. The van der Waals surface area contributed by atoms with Crippen molar-refractivity contribution in [2.24, 2.45) is 5.92 Å². The van der Waals surface area contributed by atoms with Crippen LogP contribution in [0, 0.1) is 12.8 Å². The Hall–Kier alpha value is -3.35. The number of anilines is 1. The van der Waals surface area contributed by atoms with Gasteiger partial charge in [-0.2, -0.15) is 0 Å². The fraction of sp³-hybridized carbons (Fsp3) is 0.323. The van der Waals surface area contributed by atoms with Gasteiger partial charge in [-0.25, -0.2) is 0 Å². The number of hydrogen-bond donors (Lipinski definition) is 0. The number of ketones is 1. The van der Waals surface area contributed by atoms with E-state index in [1.807, 2.05) is 25.1 Å². The third-order valence-electron chi connectivity index (χ3n) is 6.68. The zero-order valence-electron chi connectivity index (χ0n) is 22.2. The summed E-state index contributed by atoms with van der Waals surface area (Å²) in [5.74, 6) is 0.0770. The fourth-order valence-electron chi connectivity index (χ4n) is 4.52. The van der Waals surface area contributed by atoms with Gasteiger partial charge in [0.25, 0.3) is 0 Å². The largest absolute Gasteiger partial charge is 0.457 e. The third kappa shape index (κ3) is 7.00. The number of benzene rings is 3. The summed E-state index contributed by atoms with van der Waals surface area (Å²) in [6, 6.07) is 19.7. The van der Waals surface area contributed by atoms with Crippen molar-refractivity contribution in [1.29, 1.82) is 0 Å². The summed E-state index contributed by atoms with van der Waals surface area (Å²) >= 11 is 11.8. The highest BCUT2D eigenvalue weighted by Crippen LogP contribution is 2.33. The van der Waals surface area contributed by atoms with Gasteiger partial charge in [0, 0.05) is 41.5 Å². The lowest BCUT2D eigenvalue weighted by Gasteiger charge is -2.20. The Morgan fingerprint density at radius 2 is 1.72 bits per heavy atom. The summed E-state index contributed by atoms with van der Waals surface area (Å²) in [5.41, 5.74) is 3.25. The van der Waals surface area contributed by atoms with Gasteiger partial charge in [0.05, 0.1) is 5.92 Å². The molecule has 6 nitrogen and oxygen atoms in total. The summed E-state index contributed by atoms with van der Waals surface area (Å²) in [6.07, 6.45) is -0.866. The second-order valence-electron chi connectivity index (χ2n) is 9.97. The average molecular weight is 568 g/mol. The summed E-state index contributed by atoms with van der Waals surface area (Å²) in [4.78, 5) is 40.3. The molecule has 3 aromatic rings. The molecule has 3 aromatic carbocycles. The van der Waals surface area contributed by atoms with Crippen molar-refractivity contribution in [2.45, 2.75) is 45.6 Å². The molecular formula is C31H31Cl2NO5. The molecule has 8 heteroatoms. The molecule has 4 rings (SSSR count). The number of amides is 1. The van der Waals surface area contributed by atoms with Crippen molar-refractivity contribution in [3.05, 3.63) is 88.4 Å². The van der Waals surface area contributed by atoms with Crippen LogP contribution in [0.1, 0.15) is 54.1 Å². The van der Waals surface area contributed by atoms with Crippen LogP contribution in [0.25, 0.3) is 0 Å². The van der Waals surface area contributed by atoms with Gasteiger partial charge in [-0.15, -0.1) is 11.6 Å². The number of aryl methyl sites for hydroxylation is 1. The van der Waals surface area contributed by atoms with Crippen LogP contribution in [-0.4, -0.2) is 36.2 Å². The van der Waals surface area contributed by atoms with Crippen LogP contribution in [0.15, 0.2) is 66.7 Å². The van der Waals surface area contributed by atoms with Crippen LogP contribution < -0.4 is 9.64 Å². The third-order valence-corrected chi connectivity index (χ3v) is 7.15. The maximum atomic E-state index is 13.0. The number of halogens is 2. The van der Waals surface area contributed by atoms with Gasteiger partial charge in [-0.1, -0.05) is 37.6 Å². The van der Waals surface area contributed by atoms with Crippen molar-refractivity contribution >= 4 is 46.5 Å². The predicted molar refractivity (Wildman–Crippen MR) is 153 cm³/mol. The number of carbonyl (C=O) groups excluding carboxylic acids is 3. The molecule has 1 aliphatic heterocycles. The quantitative estimate of drug-likeness (QED) is 0.145. The van der Waals surface area contributed by atoms with Gasteiger partial charge in [0.2, 0.25) is 11.7 Å². The Kier molecular flexibility index (Phi) is 9.31. The maximum absolute atomic E-state index is 13.0. The van der Waals surface area contributed by atoms with Crippen LogP contribution in [0.4, 0.5) is 5.69 Å². The van der Waals surface area contributed by atoms with E-state index in [0.717, 1.165) is 16.9 Å². The first-order chi connectivity index (χ1) is 18.7. The molecule has 1 aliphatic rings. The number of nitrogens with zero attached hydrogens (tertiary/aromatic N) is 1. The monoisotopic (exact) mass is 567 g/mol. The molecule has 0 spiro atoms. The van der Waals surface area contributed by atoms with Gasteiger partial charge in [0.1, 0.15) is 11.5 Å². The Bertz CT molecular complexity index is 1340. The predicted octanol–water partition coefficient (Wildman–Crippen LogP) is 7.34. The number of alkyl halides is 1. The molecule has 2 atom stereocenters. The summed E-state index contributed by atoms with van der Waals surface area (Å²) in [6.45, 7) is 6.42. The molecule has 204 valence electrons.